The van der Waals surface area contributed by atoms with Crippen LogP contribution in [-0.4, -0.2) is 62.2 Å². The lowest BCUT2D eigenvalue weighted by molar-refractivity contribution is -0.384. The van der Waals surface area contributed by atoms with Gasteiger partial charge in [0.25, 0.3) is 5.69 Å². The molecule has 1 aliphatic heterocycles. The Morgan fingerprint density at radius 2 is 2.07 bits per heavy atom. The Hall–Kier alpha value is -1.62. The second-order valence-corrected chi connectivity index (χ2v) is 6.70. The molecule has 0 bridgehead atoms. The van der Waals surface area contributed by atoms with Gasteiger partial charge in [-0.3, -0.25) is 15.1 Å². The van der Waals surface area contributed by atoms with Gasteiger partial charge in [-0.15, -0.1) is 24.0 Å². The summed E-state index contributed by atoms with van der Waals surface area (Å²) in [7, 11) is 2.05. The number of aliphatic imine (C=N–C) groups is 1. The first kappa shape index (κ1) is 24.4. The molecule has 1 aromatic carbocycles. The lowest BCUT2D eigenvalue weighted by Crippen LogP contribution is -2.40. The zero-order valence-corrected chi connectivity index (χ0v) is 19.1. The standard InChI is InChI=1S/C19H31N5O3.HI/c1-3-20-19(23(2)13-8-16-9-14-27-15-10-16)22-12-11-21-17-6-4-5-7-18(17)24(25)26;/h4-7,16,21H,3,8-15H2,1-2H3,(H,20,22);1H. The number of anilines is 1. The van der Waals surface area contributed by atoms with E-state index in [1.54, 1.807) is 18.2 Å². The maximum absolute atomic E-state index is 11.1. The summed E-state index contributed by atoms with van der Waals surface area (Å²) in [5, 5.41) is 17.5. The fraction of sp³-hybridized carbons (Fsp3) is 0.632. The van der Waals surface area contributed by atoms with Crippen LogP contribution in [0.1, 0.15) is 26.2 Å². The van der Waals surface area contributed by atoms with Crippen LogP contribution in [0.15, 0.2) is 29.3 Å². The summed E-state index contributed by atoms with van der Waals surface area (Å²) in [5.74, 6) is 1.60. The van der Waals surface area contributed by atoms with Crippen LogP contribution in [0, 0.1) is 16.0 Å². The van der Waals surface area contributed by atoms with E-state index < -0.39 is 0 Å². The van der Waals surface area contributed by atoms with Crippen LogP contribution < -0.4 is 10.6 Å². The first-order chi connectivity index (χ1) is 13.1. The molecule has 0 saturated carbocycles. The lowest BCUT2D eigenvalue weighted by Gasteiger charge is -2.26. The van der Waals surface area contributed by atoms with E-state index in [-0.39, 0.29) is 34.6 Å². The van der Waals surface area contributed by atoms with Gasteiger partial charge >= 0.3 is 0 Å². The molecule has 9 heteroatoms. The van der Waals surface area contributed by atoms with Gasteiger partial charge in [0.1, 0.15) is 5.69 Å². The van der Waals surface area contributed by atoms with Gasteiger partial charge in [-0.25, -0.2) is 0 Å². The summed E-state index contributed by atoms with van der Waals surface area (Å²) in [6, 6.07) is 6.66. The van der Waals surface area contributed by atoms with Gasteiger partial charge in [-0.1, -0.05) is 12.1 Å². The van der Waals surface area contributed by atoms with Crippen molar-refractivity contribution in [1.29, 1.82) is 0 Å². The molecule has 1 saturated heterocycles. The van der Waals surface area contributed by atoms with Crippen LogP contribution in [0.4, 0.5) is 11.4 Å². The first-order valence-corrected chi connectivity index (χ1v) is 9.66. The Labute approximate surface area is 184 Å². The number of nitrogens with zero attached hydrogens (tertiary/aromatic N) is 3. The minimum atomic E-state index is -0.375. The van der Waals surface area contributed by atoms with Crippen molar-refractivity contribution in [2.45, 2.75) is 26.2 Å². The van der Waals surface area contributed by atoms with Crippen molar-refractivity contribution in [2.75, 3.05) is 51.8 Å². The quantitative estimate of drug-likeness (QED) is 0.134. The van der Waals surface area contributed by atoms with E-state index in [2.05, 4.69) is 27.6 Å². The molecule has 1 aromatic rings. The second-order valence-electron chi connectivity index (χ2n) is 6.70. The van der Waals surface area contributed by atoms with Crippen molar-refractivity contribution in [3.8, 4) is 0 Å². The van der Waals surface area contributed by atoms with E-state index in [0.29, 0.717) is 18.8 Å². The lowest BCUT2D eigenvalue weighted by atomic mass is 9.96. The van der Waals surface area contributed by atoms with Crippen molar-refractivity contribution < 1.29 is 9.66 Å². The van der Waals surface area contributed by atoms with Crippen molar-refractivity contribution in [3.63, 3.8) is 0 Å². The average molecular weight is 505 g/mol. The van der Waals surface area contributed by atoms with Crippen LogP contribution in [-0.2, 0) is 4.74 Å². The van der Waals surface area contributed by atoms with Crippen molar-refractivity contribution in [2.24, 2.45) is 10.9 Å². The number of ether oxygens (including phenoxy) is 1. The normalized spacial score (nSPS) is 14.9. The number of nitro benzene ring substituents is 1. The number of halogens is 1. The summed E-state index contributed by atoms with van der Waals surface area (Å²) < 4.78 is 5.42. The van der Waals surface area contributed by atoms with E-state index in [0.717, 1.165) is 57.4 Å². The highest BCUT2D eigenvalue weighted by atomic mass is 127. The van der Waals surface area contributed by atoms with Crippen molar-refractivity contribution in [3.05, 3.63) is 34.4 Å². The molecule has 8 nitrogen and oxygen atoms in total. The third-order valence-corrected chi connectivity index (χ3v) is 4.70. The summed E-state index contributed by atoms with van der Waals surface area (Å²) in [6.07, 6.45) is 3.42. The fourth-order valence-electron chi connectivity index (χ4n) is 3.12. The number of nitro groups is 1. The SMILES string of the molecule is CCNC(=NCCNc1ccccc1[N+](=O)[O-])N(C)CCC1CCOCC1.I. The van der Waals surface area contributed by atoms with Crippen molar-refractivity contribution >= 4 is 41.3 Å². The molecular weight excluding hydrogens is 473 g/mol. The van der Waals surface area contributed by atoms with E-state index in [1.165, 1.54) is 6.07 Å². The number of hydrogen-bond donors (Lipinski definition) is 2. The molecule has 0 amide bonds. The highest BCUT2D eigenvalue weighted by Gasteiger charge is 2.15. The Morgan fingerprint density at radius 1 is 1.36 bits per heavy atom. The van der Waals surface area contributed by atoms with Crippen LogP contribution in [0.3, 0.4) is 0 Å². The first-order valence-electron chi connectivity index (χ1n) is 9.66. The van der Waals surface area contributed by atoms with Gasteiger partial charge in [-0.2, -0.15) is 0 Å². The topological polar surface area (TPSA) is 92.0 Å². The van der Waals surface area contributed by atoms with Gasteiger partial charge in [-0.05, 0) is 38.2 Å². The third kappa shape index (κ3) is 8.17. The Kier molecular flexibility index (Phi) is 11.8. The molecular formula is C19H32IN5O3. The maximum Gasteiger partial charge on any atom is 0.292 e. The zero-order valence-electron chi connectivity index (χ0n) is 16.7. The monoisotopic (exact) mass is 505 g/mol. The highest BCUT2D eigenvalue weighted by molar-refractivity contribution is 14.0. The maximum atomic E-state index is 11.1. The number of para-hydroxylation sites is 2. The van der Waals surface area contributed by atoms with Crippen LogP contribution in [0.25, 0.3) is 0 Å². The molecule has 0 aromatic heterocycles. The predicted octanol–water partition coefficient (Wildman–Crippen LogP) is 3.34. The number of rotatable bonds is 9. The van der Waals surface area contributed by atoms with E-state index >= 15 is 0 Å². The molecule has 158 valence electrons. The summed E-state index contributed by atoms with van der Waals surface area (Å²) in [4.78, 5) is 17.5. The summed E-state index contributed by atoms with van der Waals surface area (Å²) in [6.45, 7) is 6.63. The molecule has 1 aliphatic rings. The molecule has 1 fully saturated rings. The molecule has 1 heterocycles. The van der Waals surface area contributed by atoms with Gasteiger partial charge in [0.2, 0.25) is 0 Å². The molecule has 2 N–H and O–H groups in total. The Balaban J connectivity index is 0.00000392. The summed E-state index contributed by atoms with van der Waals surface area (Å²) >= 11 is 0. The van der Waals surface area contributed by atoms with Crippen molar-refractivity contribution in [1.82, 2.24) is 10.2 Å². The van der Waals surface area contributed by atoms with Gasteiger partial charge in [0.15, 0.2) is 5.96 Å². The molecule has 0 unspecified atom stereocenters. The van der Waals surface area contributed by atoms with Gasteiger partial charge < -0.3 is 20.3 Å². The number of benzene rings is 1. The second kappa shape index (κ2) is 13.5. The molecule has 28 heavy (non-hydrogen) atoms. The van der Waals surface area contributed by atoms with Crippen LogP contribution in [0.5, 0.6) is 0 Å². The van der Waals surface area contributed by atoms with E-state index in [1.807, 2.05) is 6.92 Å². The molecule has 0 aliphatic carbocycles. The van der Waals surface area contributed by atoms with Gasteiger partial charge in [0.05, 0.1) is 11.5 Å². The smallest absolute Gasteiger partial charge is 0.292 e. The van der Waals surface area contributed by atoms with E-state index in [9.17, 15) is 10.1 Å². The predicted molar refractivity (Wildman–Crippen MR) is 124 cm³/mol. The van der Waals surface area contributed by atoms with Crippen LogP contribution >= 0.6 is 24.0 Å². The fourth-order valence-corrected chi connectivity index (χ4v) is 3.12. The number of hydrogen-bond acceptors (Lipinski definition) is 5. The van der Waals surface area contributed by atoms with Gasteiger partial charge in [0, 0.05) is 46.0 Å². The summed E-state index contributed by atoms with van der Waals surface area (Å²) in [5.41, 5.74) is 0.609. The zero-order chi connectivity index (χ0) is 19.5. The Bertz CT molecular complexity index is 623. The molecule has 0 spiro atoms. The molecule has 0 radical (unpaired) electrons. The third-order valence-electron chi connectivity index (χ3n) is 4.70. The largest absolute Gasteiger partial charge is 0.381 e. The highest BCUT2D eigenvalue weighted by Crippen LogP contribution is 2.22. The Morgan fingerprint density at radius 3 is 2.75 bits per heavy atom. The van der Waals surface area contributed by atoms with E-state index in [4.69, 9.17) is 4.74 Å². The number of nitrogens with one attached hydrogen (secondary N) is 2. The molecule has 2 rings (SSSR count). The number of guanidine groups is 1. The minimum absolute atomic E-state index is 0. The average Bonchev–Trinajstić information content (AvgIpc) is 2.69. The minimum Gasteiger partial charge on any atom is -0.381 e. The van der Waals surface area contributed by atoms with Crippen LogP contribution in [0.2, 0.25) is 0 Å². The molecule has 0 atom stereocenters.